The normalized spacial score (nSPS) is 10.3. The Labute approximate surface area is 149 Å². The SMILES string of the molecule is CCc1ccccc1NC(=O)CCNCCOc1ccc(OC)cc1. The van der Waals surface area contributed by atoms with Gasteiger partial charge in [0.2, 0.25) is 5.91 Å². The summed E-state index contributed by atoms with van der Waals surface area (Å²) < 4.78 is 10.7. The van der Waals surface area contributed by atoms with Crippen LogP contribution in [0, 0.1) is 0 Å². The van der Waals surface area contributed by atoms with Gasteiger partial charge in [-0.1, -0.05) is 25.1 Å². The van der Waals surface area contributed by atoms with Crippen LogP contribution in [0.3, 0.4) is 0 Å². The lowest BCUT2D eigenvalue weighted by molar-refractivity contribution is -0.116. The molecule has 0 saturated heterocycles. The van der Waals surface area contributed by atoms with Gasteiger partial charge in [-0.15, -0.1) is 0 Å². The summed E-state index contributed by atoms with van der Waals surface area (Å²) in [6.45, 7) is 3.93. The molecule has 2 aromatic rings. The Hall–Kier alpha value is -2.53. The predicted molar refractivity (Wildman–Crippen MR) is 100 cm³/mol. The fourth-order valence-corrected chi connectivity index (χ4v) is 2.40. The molecule has 0 aliphatic carbocycles. The predicted octanol–water partition coefficient (Wildman–Crippen LogP) is 3.25. The minimum absolute atomic E-state index is 0.0180. The zero-order valence-electron chi connectivity index (χ0n) is 14.9. The maximum Gasteiger partial charge on any atom is 0.225 e. The summed E-state index contributed by atoms with van der Waals surface area (Å²) in [5.41, 5.74) is 2.05. The molecule has 0 atom stereocenters. The molecule has 5 nitrogen and oxygen atoms in total. The molecule has 2 rings (SSSR count). The highest BCUT2D eigenvalue weighted by Crippen LogP contribution is 2.17. The molecule has 25 heavy (non-hydrogen) atoms. The molecular weight excluding hydrogens is 316 g/mol. The monoisotopic (exact) mass is 342 g/mol. The van der Waals surface area contributed by atoms with Gasteiger partial charge in [0.25, 0.3) is 0 Å². The third-order valence-corrected chi connectivity index (χ3v) is 3.81. The number of methoxy groups -OCH3 is 1. The first-order valence-electron chi connectivity index (χ1n) is 8.58. The number of para-hydroxylation sites is 1. The number of nitrogens with one attached hydrogen (secondary N) is 2. The second kappa shape index (κ2) is 10.4. The first-order valence-corrected chi connectivity index (χ1v) is 8.58. The molecule has 134 valence electrons. The van der Waals surface area contributed by atoms with Crippen molar-refractivity contribution in [1.29, 1.82) is 0 Å². The van der Waals surface area contributed by atoms with Gasteiger partial charge in [0.15, 0.2) is 0 Å². The summed E-state index contributed by atoms with van der Waals surface area (Å²) in [5.74, 6) is 1.63. The smallest absolute Gasteiger partial charge is 0.225 e. The zero-order chi connectivity index (χ0) is 17.9. The lowest BCUT2D eigenvalue weighted by Crippen LogP contribution is -2.25. The first kappa shape index (κ1) is 18.8. The highest BCUT2D eigenvalue weighted by molar-refractivity contribution is 5.91. The second-order valence-corrected chi connectivity index (χ2v) is 5.58. The summed E-state index contributed by atoms with van der Waals surface area (Å²) in [7, 11) is 1.64. The maximum atomic E-state index is 12.0. The molecule has 0 unspecified atom stereocenters. The molecule has 0 aliphatic rings. The lowest BCUT2D eigenvalue weighted by Gasteiger charge is -2.10. The van der Waals surface area contributed by atoms with Gasteiger partial charge in [-0.25, -0.2) is 0 Å². The van der Waals surface area contributed by atoms with E-state index in [4.69, 9.17) is 9.47 Å². The zero-order valence-corrected chi connectivity index (χ0v) is 14.9. The van der Waals surface area contributed by atoms with Crippen LogP contribution in [0.25, 0.3) is 0 Å². The van der Waals surface area contributed by atoms with Gasteiger partial charge < -0.3 is 20.1 Å². The van der Waals surface area contributed by atoms with Crippen molar-refractivity contribution in [2.24, 2.45) is 0 Å². The van der Waals surface area contributed by atoms with Crippen molar-refractivity contribution in [3.8, 4) is 11.5 Å². The molecule has 0 bridgehead atoms. The van der Waals surface area contributed by atoms with Crippen molar-refractivity contribution < 1.29 is 14.3 Å². The average molecular weight is 342 g/mol. The third kappa shape index (κ3) is 6.47. The maximum absolute atomic E-state index is 12.0. The van der Waals surface area contributed by atoms with E-state index in [1.165, 1.54) is 0 Å². The molecule has 0 aliphatic heterocycles. The minimum atomic E-state index is 0.0180. The van der Waals surface area contributed by atoms with Crippen molar-refractivity contribution in [1.82, 2.24) is 5.32 Å². The van der Waals surface area contributed by atoms with Crippen LogP contribution >= 0.6 is 0 Å². The Morgan fingerprint density at radius 1 is 1.00 bits per heavy atom. The van der Waals surface area contributed by atoms with Crippen LogP contribution < -0.4 is 20.1 Å². The summed E-state index contributed by atoms with van der Waals surface area (Å²) in [4.78, 5) is 12.0. The molecule has 0 fully saturated rings. The van der Waals surface area contributed by atoms with E-state index in [0.29, 0.717) is 26.1 Å². The number of anilines is 1. The molecule has 0 radical (unpaired) electrons. The van der Waals surface area contributed by atoms with Crippen LogP contribution in [0.5, 0.6) is 11.5 Å². The quantitative estimate of drug-likeness (QED) is 0.651. The van der Waals surface area contributed by atoms with Gasteiger partial charge in [-0.3, -0.25) is 4.79 Å². The number of hydrogen-bond acceptors (Lipinski definition) is 4. The summed E-state index contributed by atoms with van der Waals surface area (Å²) in [6, 6.07) is 15.4. The molecule has 0 aromatic heterocycles. The highest BCUT2D eigenvalue weighted by atomic mass is 16.5. The highest BCUT2D eigenvalue weighted by Gasteiger charge is 2.05. The summed E-state index contributed by atoms with van der Waals surface area (Å²) in [6.07, 6.45) is 1.33. The molecule has 2 aromatic carbocycles. The van der Waals surface area contributed by atoms with E-state index in [1.807, 2.05) is 48.5 Å². The first-order chi connectivity index (χ1) is 12.2. The van der Waals surface area contributed by atoms with Gasteiger partial charge in [-0.2, -0.15) is 0 Å². The van der Waals surface area contributed by atoms with Crippen LogP contribution in [0.4, 0.5) is 5.69 Å². The summed E-state index contributed by atoms with van der Waals surface area (Å²) in [5, 5.41) is 6.18. The Morgan fingerprint density at radius 2 is 1.72 bits per heavy atom. The van der Waals surface area contributed by atoms with Crippen LogP contribution in [0.1, 0.15) is 18.9 Å². The Bertz CT molecular complexity index is 656. The van der Waals surface area contributed by atoms with Gasteiger partial charge in [-0.05, 0) is 42.3 Å². The fraction of sp³-hybridized carbons (Fsp3) is 0.350. The second-order valence-electron chi connectivity index (χ2n) is 5.58. The Balaban J connectivity index is 1.60. The van der Waals surface area contributed by atoms with E-state index in [-0.39, 0.29) is 5.91 Å². The van der Waals surface area contributed by atoms with E-state index in [9.17, 15) is 4.79 Å². The van der Waals surface area contributed by atoms with Crippen molar-refractivity contribution >= 4 is 11.6 Å². The molecule has 0 heterocycles. The number of aryl methyl sites for hydroxylation is 1. The lowest BCUT2D eigenvalue weighted by atomic mass is 10.1. The van der Waals surface area contributed by atoms with Gasteiger partial charge in [0, 0.05) is 25.2 Å². The number of hydrogen-bond donors (Lipinski definition) is 2. The van der Waals surface area contributed by atoms with Crippen molar-refractivity contribution in [2.45, 2.75) is 19.8 Å². The van der Waals surface area contributed by atoms with Gasteiger partial charge >= 0.3 is 0 Å². The Kier molecular flexibility index (Phi) is 7.79. The van der Waals surface area contributed by atoms with E-state index < -0.39 is 0 Å². The minimum Gasteiger partial charge on any atom is -0.497 e. The van der Waals surface area contributed by atoms with E-state index >= 15 is 0 Å². The molecule has 1 amide bonds. The summed E-state index contributed by atoms with van der Waals surface area (Å²) >= 11 is 0. The number of ether oxygens (including phenoxy) is 2. The Morgan fingerprint density at radius 3 is 2.44 bits per heavy atom. The number of amides is 1. The van der Waals surface area contributed by atoms with Crippen molar-refractivity contribution in [3.63, 3.8) is 0 Å². The number of rotatable bonds is 10. The van der Waals surface area contributed by atoms with Gasteiger partial charge in [0.1, 0.15) is 18.1 Å². The molecule has 5 heteroatoms. The fourth-order valence-electron chi connectivity index (χ4n) is 2.40. The largest absolute Gasteiger partial charge is 0.497 e. The van der Waals surface area contributed by atoms with Crippen LogP contribution in [0.2, 0.25) is 0 Å². The third-order valence-electron chi connectivity index (χ3n) is 3.81. The van der Waals surface area contributed by atoms with E-state index in [2.05, 4.69) is 17.6 Å². The van der Waals surface area contributed by atoms with Crippen LogP contribution in [-0.2, 0) is 11.2 Å². The number of carbonyl (C=O) groups is 1. The molecular formula is C20H26N2O3. The standard InChI is InChI=1S/C20H26N2O3/c1-3-16-6-4-5-7-19(16)22-20(23)12-13-21-14-15-25-18-10-8-17(24-2)9-11-18/h4-11,21H,3,12-15H2,1-2H3,(H,22,23). The topological polar surface area (TPSA) is 59.6 Å². The van der Waals surface area contributed by atoms with Crippen molar-refractivity contribution in [3.05, 3.63) is 54.1 Å². The number of benzene rings is 2. The van der Waals surface area contributed by atoms with Crippen LogP contribution in [-0.4, -0.2) is 32.7 Å². The average Bonchev–Trinajstić information content (AvgIpc) is 2.65. The number of carbonyl (C=O) groups excluding carboxylic acids is 1. The molecule has 2 N–H and O–H groups in total. The van der Waals surface area contributed by atoms with Gasteiger partial charge in [0.05, 0.1) is 7.11 Å². The van der Waals surface area contributed by atoms with E-state index in [1.54, 1.807) is 7.11 Å². The van der Waals surface area contributed by atoms with E-state index in [0.717, 1.165) is 29.2 Å². The molecule has 0 spiro atoms. The molecule has 0 saturated carbocycles. The van der Waals surface area contributed by atoms with Crippen molar-refractivity contribution in [2.75, 3.05) is 32.1 Å². The van der Waals surface area contributed by atoms with Crippen LogP contribution in [0.15, 0.2) is 48.5 Å².